The fourth-order valence-electron chi connectivity index (χ4n) is 3.22. The van der Waals surface area contributed by atoms with E-state index in [4.69, 9.17) is 11.6 Å². The highest BCUT2D eigenvalue weighted by Gasteiger charge is 2.28. The third-order valence-corrected chi connectivity index (χ3v) is 5.00. The first kappa shape index (κ1) is 14.8. The molecular formula is C15H24BrN3. The van der Waals surface area contributed by atoms with Gasteiger partial charge in [0.15, 0.2) is 0 Å². The summed E-state index contributed by atoms with van der Waals surface area (Å²) in [4.78, 5) is 0. The summed E-state index contributed by atoms with van der Waals surface area (Å²) in [7, 11) is 0. The van der Waals surface area contributed by atoms with Gasteiger partial charge >= 0.3 is 0 Å². The minimum Gasteiger partial charge on any atom is -0.398 e. The molecule has 0 heterocycles. The maximum Gasteiger partial charge on any atom is 0.0508 e. The smallest absolute Gasteiger partial charge is 0.0508 e. The summed E-state index contributed by atoms with van der Waals surface area (Å²) in [6.07, 6.45) is 6.39. The minimum absolute atomic E-state index is 0.162. The molecule has 0 saturated heterocycles. The Labute approximate surface area is 124 Å². The molecule has 1 atom stereocenters. The highest BCUT2D eigenvalue weighted by atomic mass is 79.9. The number of nitrogens with two attached hydrogens (primary N) is 2. The Hall–Kier alpha value is -0.580. The molecule has 0 aromatic heterocycles. The lowest BCUT2D eigenvalue weighted by Gasteiger charge is -2.34. The van der Waals surface area contributed by atoms with Crippen molar-refractivity contribution in [1.82, 2.24) is 5.43 Å². The number of hydrogen-bond acceptors (Lipinski definition) is 3. The molecule has 4 heteroatoms. The lowest BCUT2D eigenvalue weighted by atomic mass is 9.76. The average molecular weight is 326 g/mol. The molecule has 0 bridgehead atoms. The summed E-state index contributed by atoms with van der Waals surface area (Å²) >= 11 is 3.51. The van der Waals surface area contributed by atoms with Crippen LogP contribution in [0.4, 0.5) is 5.69 Å². The predicted octanol–water partition coefficient (Wildman–Crippen LogP) is 3.75. The summed E-state index contributed by atoms with van der Waals surface area (Å²) in [6, 6.07) is 6.17. The van der Waals surface area contributed by atoms with E-state index in [1.54, 1.807) is 0 Å². The van der Waals surface area contributed by atoms with E-state index >= 15 is 0 Å². The highest BCUT2D eigenvalue weighted by Crippen LogP contribution is 2.39. The molecule has 106 valence electrons. The first-order chi connectivity index (χ1) is 9.15. The van der Waals surface area contributed by atoms with E-state index in [1.807, 2.05) is 12.1 Å². The van der Waals surface area contributed by atoms with Crippen LogP contribution in [0.5, 0.6) is 0 Å². The standard InChI is InChI=1S/C15H24BrN3/c1-2-10-3-5-11(6-4-10)15(19-18)13-9-12(16)7-8-14(13)17/h7-11,15,19H,2-6,17-18H2,1H3. The van der Waals surface area contributed by atoms with Gasteiger partial charge in [-0.2, -0.15) is 0 Å². The summed E-state index contributed by atoms with van der Waals surface area (Å²) in [5.41, 5.74) is 11.0. The molecule has 0 radical (unpaired) electrons. The summed E-state index contributed by atoms with van der Waals surface area (Å²) in [6.45, 7) is 2.29. The highest BCUT2D eigenvalue weighted by molar-refractivity contribution is 9.10. The van der Waals surface area contributed by atoms with E-state index in [2.05, 4.69) is 34.3 Å². The van der Waals surface area contributed by atoms with Crippen molar-refractivity contribution < 1.29 is 0 Å². The van der Waals surface area contributed by atoms with Crippen molar-refractivity contribution in [2.45, 2.75) is 45.1 Å². The molecule has 1 aliphatic carbocycles. The Kier molecular flexibility index (Phi) is 5.25. The Morgan fingerprint density at radius 3 is 2.58 bits per heavy atom. The van der Waals surface area contributed by atoms with Crippen LogP contribution < -0.4 is 17.0 Å². The second kappa shape index (κ2) is 6.73. The molecule has 1 unspecified atom stereocenters. The molecule has 1 saturated carbocycles. The zero-order chi connectivity index (χ0) is 13.8. The number of rotatable bonds is 4. The van der Waals surface area contributed by atoms with Gasteiger partial charge in [-0.1, -0.05) is 42.1 Å². The number of hydrazine groups is 1. The van der Waals surface area contributed by atoms with Crippen LogP contribution >= 0.6 is 15.9 Å². The van der Waals surface area contributed by atoms with Crippen LogP contribution in [-0.2, 0) is 0 Å². The van der Waals surface area contributed by atoms with E-state index in [1.165, 1.54) is 32.1 Å². The van der Waals surface area contributed by atoms with Crippen LogP contribution in [0.2, 0.25) is 0 Å². The zero-order valence-corrected chi connectivity index (χ0v) is 13.1. The molecule has 19 heavy (non-hydrogen) atoms. The Balaban J connectivity index is 2.14. The van der Waals surface area contributed by atoms with Gasteiger partial charge in [0.2, 0.25) is 0 Å². The maximum atomic E-state index is 6.11. The largest absolute Gasteiger partial charge is 0.398 e. The summed E-state index contributed by atoms with van der Waals surface area (Å²) < 4.78 is 1.05. The van der Waals surface area contributed by atoms with Crippen LogP contribution in [0.3, 0.4) is 0 Å². The van der Waals surface area contributed by atoms with Crippen LogP contribution in [0.25, 0.3) is 0 Å². The SMILES string of the molecule is CCC1CCC(C(NN)c2cc(Br)ccc2N)CC1. The van der Waals surface area contributed by atoms with Crippen molar-refractivity contribution in [2.24, 2.45) is 17.7 Å². The van der Waals surface area contributed by atoms with Gasteiger partial charge in [-0.05, 0) is 48.4 Å². The number of anilines is 1. The van der Waals surface area contributed by atoms with Crippen LogP contribution in [-0.4, -0.2) is 0 Å². The van der Waals surface area contributed by atoms with Gasteiger partial charge in [-0.3, -0.25) is 11.3 Å². The van der Waals surface area contributed by atoms with Gasteiger partial charge in [-0.15, -0.1) is 0 Å². The van der Waals surface area contributed by atoms with Crippen molar-refractivity contribution in [1.29, 1.82) is 0 Å². The molecule has 1 aromatic carbocycles. The van der Waals surface area contributed by atoms with Crippen molar-refractivity contribution in [2.75, 3.05) is 5.73 Å². The monoisotopic (exact) mass is 325 g/mol. The van der Waals surface area contributed by atoms with E-state index in [-0.39, 0.29) is 6.04 Å². The topological polar surface area (TPSA) is 64.1 Å². The van der Waals surface area contributed by atoms with E-state index < -0.39 is 0 Å². The summed E-state index contributed by atoms with van der Waals surface area (Å²) in [5.74, 6) is 7.29. The van der Waals surface area contributed by atoms with Gasteiger partial charge in [-0.25, -0.2) is 0 Å². The van der Waals surface area contributed by atoms with Crippen molar-refractivity contribution in [3.63, 3.8) is 0 Å². The van der Waals surface area contributed by atoms with E-state index in [9.17, 15) is 0 Å². The molecule has 0 aliphatic heterocycles. The third-order valence-electron chi connectivity index (χ3n) is 4.50. The van der Waals surface area contributed by atoms with E-state index in [0.717, 1.165) is 21.6 Å². The molecule has 0 amide bonds. The minimum atomic E-state index is 0.162. The lowest BCUT2D eigenvalue weighted by Crippen LogP contribution is -2.35. The molecule has 3 nitrogen and oxygen atoms in total. The lowest BCUT2D eigenvalue weighted by molar-refractivity contribution is 0.220. The molecule has 2 rings (SSSR count). The normalized spacial score (nSPS) is 25.2. The Morgan fingerprint density at radius 2 is 2.00 bits per heavy atom. The second-order valence-corrected chi connectivity index (χ2v) is 6.52. The first-order valence-electron chi connectivity index (χ1n) is 7.16. The molecular weight excluding hydrogens is 302 g/mol. The molecule has 1 aliphatic rings. The third kappa shape index (κ3) is 3.50. The Bertz CT molecular complexity index is 414. The van der Waals surface area contributed by atoms with Crippen LogP contribution in [0.15, 0.2) is 22.7 Å². The van der Waals surface area contributed by atoms with Crippen molar-refractivity contribution in [3.8, 4) is 0 Å². The van der Waals surface area contributed by atoms with Gasteiger partial charge in [0.25, 0.3) is 0 Å². The maximum absolute atomic E-state index is 6.11. The number of nitrogens with one attached hydrogen (secondary N) is 1. The van der Waals surface area contributed by atoms with Gasteiger partial charge in [0, 0.05) is 10.2 Å². The van der Waals surface area contributed by atoms with E-state index in [0.29, 0.717) is 5.92 Å². The average Bonchev–Trinajstić information content (AvgIpc) is 2.44. The molecule has 1 aromatic rings. The number of nitrogen functional groups attached to an aromatic ring is 1. The number of halogens is 1. The Morgan fingerprint density at radius 1 is 1.32 bits per heavy atom. The molecule has 5 N–H and O–H groups in total. The second-order valence-electron chi connectivity index (χ2n) is 5.61. The van der Waals surface area contributed by atoms with Gasteiger partial charge < -0.3 is 5.73 Å². The van der Waals surface area contributed by atoms with Gasteiger partial charge in [0.05, 0.1) is 6.04 Å². The number of hydrogen-bond donors (Lipinski definition) is 3. The van der Waals surface area contributed by atoms with Crippen LogP contribution in [0, 0.1) is 11.8 Å². The van der Waals surface area contributed by atoms with Gasteiger partial charge in [0.1, 0.15) is 0 Å². The zero-order valence-electron chi connectivity index (χ0n) is 11.5. The first-order valence-corrected chi connectivity index (χ1v) is 7.96. The predicted molar refractivity (Wildman–Crippen MR) is 84.4 cm³/mol. The van der Waals surface area contributed by atoms with Crippen molar-refractivity contribution in [3.05, 3.63) is 28.2 Å². The summed E-state index contributed by atoms with van der Waals surface area (Å²) in [5, 5.41) is 0. The van der Waals surface area contributed by atoms with Crippen molar-refractivity contribution >= 4 is 21.6 Å². The molecule has 1 fully saturated rings. The molecule has 0 spiro atoms. The van der Waals surface area contributed by atoms with Crippen LogP contribution in [0.1, 0.15) is 50.6 Å². The fraction of sp³-hybridized carbons (Fsp3) is 0.600. The quantitative estimate of drug-likeness (QED) is 0.448. The fourth-order valence-corrected chi connectivity index (χ4v) is 3.60. The number of benzene rings is 1.